The molecule has 0 bridgehead atoms. The van der Waals surface area contributed by atoms with Gasteiger partial charge in [0, 0.05) is 16.2 Å². The van der Waals surface area contributed by atoms with Gasteiger partial charge in [-0.1, -0.05) is 27.5 Å². The number of benzene rings is 2. The van der Waals surface area contributed by atoms with Crippen molar-refractivity contribution in [3.05, 3.63) is 57.5 Å². The molecule has 0 heterocycles. The van der Waals surface area contributed by atoms with E-state index >= 15 is 0 Å². The summed E-state index contributed by atoms with van der Waals surface area (Å²) in [5.74, 6) is -1.86. The molecule has 0 radical (unpaired) electrons. The van der Waals surface area contributed by atoms with Crippen LogP contribution in [0.15, 0.2) is 40.9 Å². The maximum Gasteiger partial charge on any atom is 0.175 e. The van der Waals surface area contributed by atoms with Gasteiger partial charge in [0.2, 0.25) is 0 Å². The van der Waals surface area contributed by atoms with Crippen molar-refractivity contribution in [2.24, 2.45) is 0 Å². The first-order valence-electron chi connectivity index (χ1n) is 5.44. The third-order valence-corrected chi connectivity index (χ3v) is 3.37. The Kier molecular flexibility index (Phi) is 4.91. The van der Waals surface area contributed by atoms with E-state index < -0.39 is 11.6 Å². The molecular weight excluding hydrogens is 370 g/mol. The standard InChI is InChI=1S/C13H8BrClF2N2S/c14-7-1-4-12(9(15)5-7)19-13(20)18-8-2-3-10(16)11(17)6-8/h1-6H,(H2,18,19,20). The first kappa shape index (κ1) is 15.2. The van der Waals surface area contributed by atoms with Gasteiger partial charge >= 0.3 is 0 Å². The molecule has 2 aromatic rings. The smallest absolute Gasteiger partial charge is 0.175 e. The Morgan fingerprint density at radius 2 is 1.80 bits per heavy atom. The summed E-state index contributed by atoms with van der Waals surface area (Å²) in [6, 6.07) is 8.68. The fourth-order valence-corrected chi connectivity index (χ4v) is 2.40. The molecule has 7 heteroatoms. The average Bonchev–Trinajstić information content (AvgIpc) is 2.37. The molecule has 0 saturated heterocycles. The summed E-state index contributed by atoms with van der Waals surface area (Å²) in [5, 5.41) is 6.32. The number of hydrogen-bond acceptors (Lipinski definition) is 1. The number of halogens is 4. The molecule has 2 aromatic carbocycles. The monoisotopic (exact) mass is 376 g/mol. The fraction of sp³-hybridized carbons (Fsp3) is 0. The van der Waals surface area contributed by atoms with Crippen LogP contribution in [0.4, 0.5) is 20.2 Å². The molecule has 0 aliphatic carbocycles. The van der Waals surface area contributed by atoms with Gasteiger partial charge in [0.15, 0.2) is 16.7 Å². The molecule has 104 valence electrons. The lowest BCUT2D eigenvalue weighted by atomic mass is 10.3. The van der Waals surface area contributed by atoms with E-state index in [0.29, 0.717) is 16.4 Å². The molecule has 2 nitrogen and oxygen atoms in total. The van der Waals surface area contributed by atoms with Gasteiger partial charge < -0.3 is 10.6 Å². The lowest BCUT2D eigenvalue weighted by molar-refractivity contribution is 0.509. The van der Waals surface area contributed by atoms with Gasteiger partial charge in [0.25, 0.3) is 0 Å². The van der Waals surface area contributed by atoms with Crippen molar-refractivity contribution in [2.45, 2.75) is 0 Å². The highest BCUT2D eigenvalue weighted by atomic mass is 79.9. The summed E-state index contributed by atoms with van der Waals surface area (Å²) >= 11 is 14.4. The van der Waals surface area contributed by atoms with Crippen molar-refractivity contribution < 1.29 is 8.78 Å². The topological polar surface area (TPSA) is 24.1 Å². The summed E-state index contributed by atoms with van der Waals surface area (Å²) in [4.78, 5) is 0. The molecule has 0 spiro atoms. The quantitative estimate of drug-likeness (QED) is 0.704. The van der Waals surface area contributed by atoms with Crippen LogP contribution in [0.1, 0.15) is 0 Å². The molecule has 0 unspecified atom stereocenters. The Morgan fingerprint density at radius 1 is 1.05 bits per heavy atom. The van der Waals surface area contributed by atoms with Gasteiger partial charge in [0.05, 0.1) is 10.7 Å². The molecule has 0 aliphatic rings. The van der Waals surface area contributed by atoms with E-state index in [9.17, 15) is 8.78 Å². The van der Waals surface area contributed by atoms with E-state index in [1.54, 1.807) is 18.2 Å². The largest absolute Gasteiger partial charge is 0.332 e. The summed E-state index contributed by atoms with van der Waals surface area (Å²) in [5.41, 5.74) is 0.949. The van der Waals surface area contributed by atoms with E-state index in [0.717, 1.165) is 16.6 Å². The highest BCUT2D eigenvalue weighted by Gasteiger charge is 2.06. The van der Waals surface area contributed by atoms with Crippen LogP contribution in [0.2, 0.25) is 5.02 Å². The molecule has 0 aromatic heterocycles. The molecule has 0 aliphatic heterocycles. The number of anilines is 2. The predicted molar refractivity (Wildman–Crippen MR) is 85.4 cm³/mol. The normalized spacial score (nSPS) is 10.2. The second kappa shape index (κ2) is 6.47. The first-order chi connectivity index (χ1) is 9.45. The second-order valence-electron chi connectivity index (χ2n) is 3.83. The van der Waals surface area contributed by atoms with E-state index in [4.69, 9.17) is 23.8 Å². The summed E-state index contributed by atoms with van der Waals surface area (Å²) in [6.07, 6.45) is 0. The fourth-order valence-electron chi connectivity index (χ4n) is 1.45. The number of nitrogens with one attached hydrogen (secondary N) is 2. The van der Waals surface area contributed by atoms with Gasteiger partial charge in [-0.15, -0.1) is 0 Å². The van der Waals surface area contributed by atoms with Crippen molar-refractivity contribution in [3.63, 3.8) is 0 Å². The van der Waals surface area contributed by atoms with Crippen LogP contribution < -0.4 is 10.6 Å². The third-order valence-electron chi connectivity index (χ3n) is 2.36. The van der Waals surface area contributed by atoms with Crippen LogP contribution in [-0.4, -0.2) is 5.11 Å². The summed E-state index contributed by atoms with van der Waals surface area (Å²) in [7, 11) is 0. The Hall–Kier alpha value is -1.24. The van der Waals surface area contributed by atoms with Crippen LogP contribution in [-0.2, 0) is 0 Å². The van der Waals surface area contributed by atoms with Crippen LogP contribution in [0.25, 0.3) is 0 Å². The van der Waals surface area contributed by atoms with Crippen molar-refractivity contribution in [1.82, 2.24) is 0 Å². The Morgan fingerprint density at radius 3 is 2.45 bits per heavy atom. The molecule has 2 rings (SSSR count). The highest BCUT2D eigenvalue weighted by Crippen LogP contribution is 2.25. The van der Waals surface area contributed by atoms with Crippen molar-refractivity contribution >= 4 is 56.2 Å². The molecule has 0 amide bonds. The molecule has 0 saturated carbocycles. The Labute approximate surface area is 133 Å². The predicted octanol–water partition coefficient (Wildman–Crippen LogP) is 5.19. The number of thiocarbonyl (C=S) groups is 1. The zero-order chi connectivity index (χ0) is 14.7. The lowest BCUT2D eigenvalue weighted by Gasteiger charge is -2.12. The third kappa shape index (κ3) is 3.88. The van der Waals surface area contributed by atoms with Crippen LogP contribution >= 0.6 is 39.7 Å². The zero-order valence-electron chi connectivity index (χ0n) is 9.88. The molecule has 2 N–H and O–H groups in total. The molecular formula is C13H8BrClF2N2S. The van der Waals surface area contributed by atoms with E-state index in [1.165, 1.54) is 6.07 Å². The number of rotatable bonds is 2. The minimum absolute atomic E-state index is 0.222. The lowest BCUT2D eigenvalue weighted by Crippen LogP contribution is -2.19. The first-order valence-corrected chi connectivity index (χ1v) is 7.02. The minimum atomic E-state index is -0.945. The maximum absolute atomic E-state index is 13.1. The molecule has 20 heavy (non-hydrogen) atoms. The maximum atomic E-state index is 13.1. The molecule has 0 atom stereocenters. The van der Waals surface area contributed by atoms with Gasteiger partial charge in [-0.2, -0.15) is 0 Å². The van der Waals surface area contributed by atoms with Crippen LogP contribution in [0.3, 0.4) is 0 Å². The summed E-state index contributed by atoms with van der Waals surface area (Å²) in [6.45, 7) is 0. The SMILES string of the molecule is Fc1ccc(NC(=S)Nc2ccc(Br)cc2Cl)cc1F. The van der Waals surface area contributed by atoms with Crippen LogP contribution in [0.5, 0.6) is 0 Å². The number of hydrogen-bond donors (Lipinski definition) is 2. The summed E-state index contributed by atoms with van der Waals surface area (Å²) < 4.78 is 26.7. The molecule has 0 fully saturated rings. The van der Waals surface area contributed by atoms with Gasteiger partial charge in [-0.3, -0.25) is 0 Å². The Bertz CT molecular complexity index is 667. The highest BCUT2D eigenvalue weighted by molar-refractivity contribution is 9.10. The van der Waals surface area contributed by atoms with Crippen LogP contribution in [0, 0.1) is 11.6 Å². The van der Waals surface area contributed by atoms with Crippen molar-refractivity contribution in [3.8, 4) is 0 Å². The van der Waals surface area contributed by atoms with E-state index in [1.807, 2.05) is 0 Å². The zero-order valence-corrected chi connectivity index (χ0v) is 13.0. The van der Waals surface area contributed by atoms with Crippen molar-refractivity contribution in [2.75, 3.05) is 10.6 Å². The second-order valence-corrected chi connectivity index (χ2v) is 5.56. The van der Waals surface area contributed by atoms with E-state index in [2.05, 4.69) is 26.6 Å². The Balaban J connectivity index is 2.07. The van der Waals surface area contributed by atoms with Gasteiger partial charge in [-0.05, 0) is 42.5 Å². The average molecular weight is 378 g/mol. The van der Waals surface area contributed by atoms with Gasteiger partial charge in [-0.25, -0.2) is 8.78 Å². The van der Waals surface area contributed by atoms with Gasteiger partial charge in [0.1, 0.15) is 0 Å². The van der Waals surface area contributed by atoms with Crippen molar-refractivity contribution in [1.29, 1.82) is 0 Å². The van der Waals surface area contributed by atoms with E-state index in [-0.39, 0.29) is 5.11 Å². The minimum Gasteiger partial charge on any atom is -0.332 e.